The molecule has 0 aromatic rings. The van der Waals surface area contributed by atoms with E-state index in [0.29, 0.717) is 0 Å². The summed E-state index contributed by atoms with van der Waals surface area (Å²) in [6.45, 7) is 9.02. The smallest absolute Gasteiger partial charge is 0.726 e. The first kappa shape index (κ1) is 77.7. The van der Waals surface area contributed by atoms with Crippen molar-refractivity contribution in [3.63, 3.8) is 0 Å². The molecule has 0 aliphatic carbocycles. The second kappa shape index (κ2) is 63.3. The Labute approximate surface area is 487 Å². The molecule has 0 radical (unpaired) electrons. The van der Waals surface area contributed by atoms with E-state index in [4.69, 9.17) is 0 Å². The molecule has 0 fully saturated rings. The van der Waals surface area contributed by atoms with E-state index in [2.05, 4.69) is 60.4 Å². The van der Waals surface area contributed by atoms with Crippen LogP contribution in [0.4, 0.5) is 0 Å². The molecule has 2 atom stereocenters. The Hall–Kier alpha value is 0.480. The second-order valence-electron chi connectivity index (χ2n) is 21.8. The van der Waals surface area contributed by atoms with Crippen LogP contribution >= 0.6 is 0 Å². The second-order valence-corrected chi connectivity index (χ2v) is 23.9. The molecule has 73 heavy (non-hydrogen) atoms. The van der Waals surface area contributed by atoms with Gasteiger partial charge in [0.25, 0.3) is 0 Å². The predicted molar refractivity (Wildman–Crippen MR) is 316 cm³/mol. The van der Waals surface area contributed by atoms with E-state index in [9.17, 15) is 25.9 Å². The molecule has 0 amide bonds. The van der Waals surface area contributed by atoms with Crippen molar-refractivity contribution < 1.29 is 34.3 Å². The number of rotatable bonds is 58. The summed E-state index contributed by atoms with van der Waals surface area (Å²) in [6, 6.07) is 0. The van der Waals surface area contributed by atoms with Gasteiger partial charge in [0.05, 0.1) is 13.2 Å². The predicted octanol–water partition coefficient (Wildman–Crippen LogP) is 20.5. The molecule has 0 bridgehead atoms. The molecule has 0 aliphatic heterocycles. The molecule has 0 aliphatic rings. The fourth-order valence-corrected chi connectivity index (χ4v) is 10.4. The van der Waals surface area contributed by atoms with Crippen molar-refractivity contribution in [2.75, 3.05) is 13.2 Å². The average molecular weight is 1100 g/mol. The van der Waals surface area contributed by atoms with Crippen molar-refractivity contribution in [1.29, 1.82) is 0 Å². The van der Waals surface area contributed by atoms with Gasteiger partial charge in [-0.05, 0) is 38.5 Å². The quantitative estimate of drug-likeness (QED) is 0.0193. The van der Waals surface area contributed by atoms with E-state index in [0.717, 1.165) is 38.5 Å². The van der Waals surface area contributed by atoms with Gasteiger partial charge in [-0.25, -0.2) is 16.8 Å². The Morgan fingerprint density at radius 1 is 0.301 bits per heavy atom. The van der Waals surface area contributed by atoms with Crippen molar-refractivity contribution in [1.82, 2.24) is 0 Å². The summed E-state index contributed by atoms with van der Waals surface area (Å²) in [6.07, 6.45) is 73.1. The monoisotopic (exact) mass is 1100 g/mol. The molecule has 0 aromatic carbocycles. The zero-order valence-corrected chi connectivity index (χ0v) is 52.9. The number of hydrogen-bond acceptors (Lipinski definition) is 8. The van der Waals surface area contributed by atoms with Gasteiger partial charge < -0.3 is 9.11 Å². The molecule has 0 rings (SSSR count). The summed E-state index contributed by atoms with van der Waals surface area (Å²) in [5, 5.41) is 0. The number of unbranched alkanes of at least 4 members (excludes halogenated alkanes) is 44. The van der Waals surface area contributed by atoms with Crippen LogP contribution in [-0.4, -0.2) is 76.9 Å². The van der Waals surface area contributed by atoms with Gasteiger partial charge in [0, 0.05) is 11.8 Å². The van der Waals surface area contributed by atoms with Gasteiger partial charge >= 0.3 is 37.7 Å². The summed E-state index contributed by atoms with van der Waals surface area (Å²) < 4.78 is 74.5. The van der Waals surface area contributed by atoms with Crippen LogP contribution in [0.3, 0.4) is 0 Å². The maximum absolute atomic E-state index is 10.9. The van der Waals surface area contributed by atoms with Gasteiger partial charge in [-0.2, -0.15) is 0 Å². The molecule has 0 spiro atoms. The molecular formula is C62H122CaO8S2. The minimum Gasteiger partial charge on any atom is -0.726 e. The molecule has 0 saturated carbocycles. The van der Waals surface area contributed by atoms with Crippen LogP contribution in [-0.2, 0) is 29.2 Å². The summed E-state index contributed by atoms with van der Waals surface area (Å²) in [5.74, 6) is 0.0362. The van der Waals surface area contributed by atoms with E-state index >= 15 is 0 Å². The van der Waals surface area contributed by atoms with Crippen LogP contribution in [0.15, 0.2) is 24.3 Å². The Morgan fingerprint density at radius 3 is 0.671 bits per heavy atom. The maximum Gasteiger partial charge on any atom is 2.00 e. The molecule has 0 N–H and O–H groups in total. The van der Waals surface area contributed by atoms with Gasteiger partial charge in [0.15, 0.2) is 0 Å². The SMILES string of the molecule is CCCCCCCCCCCCC/C=C/C(CCCCCCCCCCCCCC)COS(=O)(=O)[O-].CCCCCCCCCCCCC/C=C/C(CCCCCCCCCCCCCC)COS(=O)(=O)[O-].[Ca+2]. The summed E-state index contributed by atoms with van der Waals surface area (Å²) >= 11 is 0. The third-order valence-electron chi connectivity index (χ3n) is 14.5. The molecule has 2 unspecified atom stereocenters. The molecular weight excluding hydrogens is 977 g/mol. The fraction of sp³-hybridized carbons (Fsp3) is 0.935. The number of hydrogen-bond donors (Lipinski definition) is 0. The topological polar surface area (TPSA) is 133 Å². The summed E-state index contributed by atoms with van der Waals surface area (Å²) in [7, 11) is -9.23. The van der Waals surface area contributed by atoms with Gasteiger partial charge in [-0.15, -0.1) is 0 Å². The first-order valence-corrected chi connectivity index (χ1v) is 34.2. The summed E-state index contributed by atoms with van der Waals surface area (Å²) in [4.78, 5) is 0. The molecule has 0 heterocycles. The maximum atomic E-state index is 10.9. The van der Waals surface area contributed by atoms with Crippen LogP contribution in [0.25, 0.3) is 0 Å². The Bertz CT molecular complexity index is 1230. The van der Waals surface area contributed by atoms with E-state index in [-0.39, 0.29) is 62.8 Å². The Kier molecular flexibility index (Phi) is 67.4. The van der Waals surface area contributed by atoms with E-state index < -0.39 is 20.8 Å². The van der Waals surface area contributed by atoms with Crippen molar-refractivity contribution in [3.8, 4) is 0 Å². The van der Waals surface area contributed by atoms with Crippen molar-refractivity contribution in [2.45, 2.75) is 349 Å². The zero-order valence-electron chi connectivity index (χ0n) is 49.0. The van der Waals surface area contributed by atoms with E-state index in [1.165, 1.54) is 283 Å². The molecule has 0 saturated heterocycles. The van der Waals surface area contributed by atoms with Crippen molar-refractivity contribution >= 4 is 58.5 Å². The number of allylic oxidation sites excluding steroid dienone is 2. The van der Waals surface area contributed by atoms with Crippen LogP contribution in [0.2, 0.25) is 0 Å². The van der Waals surface area contributed by atoms with Gasteiger partial charge in [-0.3, -0.25) is 8.37 Å². The zero-order chi connectivity index (χ0) is 53.2. The van der Waals surface area contributed by atoms with Crippen molar-refractivity contribution in [3.05, 3.63) is 24.3 Å². The van der Waals surface area contributed by atoms with Crippen LogP contribution < -0.4 is 0 Å². The normalized spacial score (nSPS) is 12.9. The van der Waals surface area contributed by atoms with Gasteiger partial charge in [0.1, 0.15) is 0 Å². The van der Waals surface area contributed by atoms with Crippen LogP contribution in [0.1, 0.15) is 349 Å². The Morgan fingerprint density at radius 2 is 0.479 bits per heavy atom. The van der Waals surface area contributed by atoms with Crippen LogP contribution in [0.5, 0.6) is 0 Å². The molecule has 0 aromatic heterocycles. The van der Waals surface area contributed by atoms with E-state index in [1.807, 2.05) is 0 Å². The first-order valence-electron chi connectivity index (χ1n) is 31.5. The molecule has 432 valence electrons. The van der Waals surface area contributed by atoms with Gasteiger partial charge in [-0.1, -0.05) is 335 Å². The van der Waals surface area contributed by atoms with E-state index in [1.54, 1.807) is 0 Å². The fourth-order valence-electron chi connectivity index (χ4n) is 9.74. The first-order chi connectivity index (χ1) is 35.0. The minimum absolute atomic E-state index is 0. The van der Waals surface area contributed by atoms with Crippen molar-refractivity contribution in [2.24, 2.45) is 11.8 Å². The van der Waals surface area contributed by atoms with Crippen LogP contribution in [0, 0.1) is 11.8 Å². The Balaban J connectivity index is -0.00000132. The third-order valence-corrected chi connectivity index (χ3v) is 15.3. The molecule has 11 heteroatoms. The standard InChI is InChI=1S/2C31H62O4S.Ca/c2*1-3-5-7-9-11-13-15-17-19-21-23-25-27-29-31(30-35-36(32,33)34)28-26-24-22-20-18-16-14-12-10-8-6-4-2;/h2*27,29,31H,3-26,28,30H2,1-2H3,(H,32,33,34);/q;;+2/p-2/b2*29-27+;. The average Bonchev–Trinajstić information content (AvgIpc) is 3.35. The largest absolute Gasteiger partial charge is 2.00 e. The molecule has 8 nitrogen and oxygen atoms in total. The summed E-state index contributed by atoms with van der Waals surface area (Å²) in [5.41, 5.74) is 0. The third kappa shape index (κ3) is 72.5. The van der Waals surface area contributed by atoms with Gasteiger partial charge in [0.2, 0.25) is 20.8 Å². The minimum atomic E-state index is -4.62.